The smallest absolute Gasteiger partial charge is 0.308 e. The predicted octanol–water partition coefficient (Wildman–Crippen LogP) is 2.60. The molecule has 5 heteroatoms. The minimum absolute atomic E-state index is 0.0101. The first-order valence-electron chi connectivity index (χ1n) is 6.82. The minimum Gasteiger partial charge on any atom is -0.481 e. The van der Waals surface area contributed by atoms with Crippen molar-refractivity contribution in [2.24, 2.45) is 5.92 Å². The van der Waals surface area contributed by atoms with Gasteiger partial charge in [-0.3, -0.25) is 9.59 Å². The number of carbonyl (C=O) groups is 2. The van der Waals surface area contributed by atoms with Crippen molar-refractivity contribution in [2.45, 2.75) is 25.7 Å². The number of rotatable bonds is 4. The van der Waals surface area contributed by atoms with Crippen LogP contribution in [0.15, 0.2) is 24.3 Å². The van der Waals surface area contributed by atoms with Crippen LogP contribution in [0.25, 0.3) is 0 Å². The van der Waals surface area contributed by atoms with Crippen molar-refractivity contribution in [1.82, 2.24) is 4.90 Å². The Morgan fingerprint density at radius 2 is 2.10 bits per heavy atom. The number of piperidine rings is 1. The first kappa shape index (κ1) is 14.9. The Morgan fingerprint density at radius 3 is 2.80 bits per heavy atom. The van der Waals surface area contributed by atoms with E-state index in [-0.39, 0.29) is 5.91 Å². The summed E-state index contributed by atoms with van der Waals surface area (Å²) in [5.41, 5.74) is 0.953. The molecule has 0 aromatic heterocycles. The van der Waals surface area contributed by atoms with Gasteiger partial charge in [-0.25, -0.2) is 0 Å². The van der Waals surface area contributed by atoms with Crippen LogP contribution in [0, 0.1) is 5.92 Å². The predicted molar refractivity (Wildman–Crippen MR) is 76.7 cm³/mol. The van der Waals surface area contributed by atoms with Gasteiger partial charge >= 0.3 is 5.97 Å². The Labute approximate surface area is 123 Å². The first-order chi connectivity index (χ1) is 9.58. The van der Waals surface area contributed by atoms with Gasteiger partial charge in [0, 0.05) is 24.5 Å². The first-order valence-corrected chi connectivity index (χ1v) is 7.19. The fourth-order valence-corrected chi connectivity index (χ4v) is 2.74. The third-order valence-electron chi connectivity index (χ3n) is 3.69. The summed E-state index contributed by atoms with van der Waals surface area (Å²) in [6, 6.07) is 7.47. The van der Waals surface area contributed by atoms with Crippen LogP contribution in [-0.2, 0) is 16.0 Å². The molecule has 4 nitrogen and oxygen atoms in total. The molecule has 1 aliphatic rings. The summed E-state index contributed by atoms with van der Waals surface area (Å²) in [5, 5.41) is 9.70. The van der Waals surface area contributed by atoms with Crippen molar-refractivity contribution in [3.63, 3.8) is 0 Å². The molecule has 20 heavy (non-hydrogen) atoms. The third kappa shape index (κ3) is 3.73. The summed E-state index contributed by atoms with van der Waals surface area (Å²) in [6.07, 6.45) is 2.38. The van der Waals surface area contributed by atoms with Crippen LogP contribution in [0.1, 0.15) is 24.8 Å². The fraction of sp³-hybridized carbons (Fsp3) is 0.467. The van der Waals surface area contributed by atoms with Gasteiger partial charge in [0.15, 0.2) is 0 Å². The number of aryl methyl sites for hydroxylation is 1. The van der Waals surface area contributed by atoms with Gasteiger partial charge in [-0.15, -0.1) is 0 Å². The number of nitrogens with zero attached hydrogens (tertiary/aromatic N) is 1. The highest BCUT2D eigenvalue weighted by Gasteiger charge is 2.27. The molecule has 1 atom stereocenters. The van der Waals surface area contributed by atoms with Gasteiger partial charge in [-0.2, -0.15) is 0 Å². The Balaban J connectivity index is 1.89. The molecule has 0 radical (unpaired) electrons. The highest BCUT2D eigenvalue weighted by molar-refractivity contribution is 6.31. The van der Waals surface area contributed by atoms with Crippen LogP contribution in [-0.4, -0.2) is 35.0 Å². The van der Waals surface area contributed by atoms with Gasteiger partial charge in [0.05, 0.1) is 5.92 Å². The van der Waals surface area contributed by atoms with Crippen molar-refractivity contribution in [3.8, 4) is 0 Å². The van der Waals surface area contributed by atoms with E-state index in [0.717, 1.165) is 12.0 Å². The van der Waals surface area contributed by atoms with E-state index in [1.807, 2.05) is 24.3 Å². The zero-order valence-corrected chi connectivity index (χ0v) is 12.0. The second-order valence-electron chi connectivity index (χ2n) is 5.11. The number of carboxylic acids is 1. The number of hydrogen-bond acceptors (Lipinski definition) is 2. The number of aliphatic carboxylic acids is 1. The van der Waals surface area contributed by atoms with Crippen LogP contribution in [0.3, 0.4) is 0 Å². The molecule has 0 bridgehead atoms. The fourth-order valence-electron chi connectivity index (χ4n) is 2.51. The SMILES string of the molecule is O=C(O)C1CCCN(C(=O)CCc2ccccc2Cl)C1. The Bertz CT molecular complexity index is 504. The lowest BCUT2D eigenvalue weighted by Crippen LogP contribution is -2.42. The van der Waals surface area contributed by atoms with Gasteiger partial charge in [-0.1, -0.05) is 29.8 Å². The monoisotopic (exact) mass is 295 g/mol. The van der Waals surface area contributed by atoms with Crippen molar-refractivity contribution in [2.75, 3.05) is 13.1 Å². The molecule has 1 heterocycles. The second kappa shape index (κ2) is 6.75. The number of carboxylic acid groups (broad SMARTS) is 1. The third-order valence-corrected chi connectivity index (χ3v) is 4.06. The van der Waals surface area contributed by atoms with Crippen LogP contribution in [0.5, 0.6) is 0 Å². The van der Waals surface area contributed by atoms with E-state index in [2.05, 4.69) is 0 Å². The van der Waals surface area contributed by atoms with Crippen molar-refractivity contribution in [3.05, 3.63) is 34.9 Å². The van der Waals surface area contributed by atoms with E-state index >= 15 is 0 Å². The van der Waals surface area contributed by atoms with Crippen LogP contribution in [0.2, 0.25) is 5.02 Å². The molecule has 0 spiro atoms. The summed E-state index contributed by atoms with van der Waals surface area (Å²) in [4.78, 5) is 24.8. The zero-order chi connectivity index (χ0) is 14.5. The second-order valence-corrected chi connectivity index (χ2v) is 5.52. The van der Waals surface area contributed by atoms with Crippen LogP contribution >= 0.6 is 11.6 Å². The molecule has 1 aromatic carbocycles. The maximum Gasteiger partial charge on any atom is 0.308 e. The number of halogens is 1. The van der Waals surface area contributed by atoms with E-state index in [0.29, 0.717) is 37.4 Å². The quantitative estimate of drug-likeness (QED) is 0.929. The maximum absolute atomic E-state index is 12.1. The van der Waals surface area contributed by atoms with E-state index in [4.69, 9.17) is 16.7 Å². The van der Waals surface area contributed by atoms with E-state index in [1.165, 1.54) is 0 Å². The Kier molecular flexibility index (Phi) is 5.01. The molecule has 1 unspecified atom stereocenters. The number of benzene rings is 1. The zero-order valence-electron chi connectivity index (χ0n) is 11.2. The molecule has 1 amide bonds. The summed E-state index contributed by atoms with van der Waals surface area (Å²) in [6.45, 7) is 0.988. The molecular formula is C15H18ClNO3. The van der Waals surface area contributed by atoms with Crippen molar-refractivity contribution < 1.29 is 14.7 Å². The number of likely N-dealkylation sites (tertiary alicyclic amines) is 1. The number of carbonyl (C=O) groups excluding carboxylic acids is 1. The molecule has 1 saturated heterocycles. The summed E-state index contributed by atoms with van der Waals surface area (Å²) >= 11 is 6.06. The summed E-state index contributed by atoms with van der Waals surface area (Å²) < 4.78 is 0. The molecule has 1 N–H and O–H groups in total. The number of hydrogen-bond donors (Lipinski definition) is 1. The van der Waals surface area contributed by atoms with E-state index in [9.17, 15) is 9.59 Å². The Morgan fingerprint density at radius 1 is 1.35 bits per heavy atom. The van der Waals surface area contributed by atoms with Crippen molar-refractivity contribution in [1.29, 1.82) is 0 Å². The lowest BCUT2D eigenvalue weighted by molar-refractivity contribution is -0.145. The molecule has 1 aromatic rings. The summed E-state index contributed by atoms with van der Waals surface area (Å²) in [5.74, 6) is -1.22. The average molecular weight is 296 g/mol. The van der Waals surface area contributed by atoms with Gasteiger partial charge in [-0.05, 0) is 30.9 Å². The highest BCUT2D eigenvalue weighted by atomic mass is 35.5. The largest absolute Gasteiger partial charge is 0.481 e. The maximum atomic E-state index is 12.1. The average Bonchev–Trinajstić information content (AvgIpc) is 2.46. The normalized spacial score (nSPS) is 18.9. The molecule has 2 rings (SSSR count). The summed E-state index contributed by atoms with van der Waals surface area (Å²) in [7, 11) is 0. The topological polar surface area (TPSA) is 57.6 Å². The molecule has 1 aliphatic heterocycles. The molecule has 1 fully saturated rings. The van der Waals surface area contributed by atoms with Gasteiger partial charge in [0.2, 0.25) is 5.91 Å². The molecular weight excluding hydrogens is 278 g/mol. The standard InChI is InChI=1S/C15H18ClNO3/c16-13-6-2-1-4-11(13)7-8-14(18)17-9-3-5-12(10-17)15(19)20/h1-2,4,6,12H,3,5,7-10H2,(H,19,20). The molecule has 0 aliphatic carbocycles. The highest BCUT2D eigenvalue weighted by Crippen LogP contribution is 2.20. The lowest BCUT2D eigenvalue weighted by Gasteiger charge is -2.30. The van der Waals surface area contributed by atoms with Crippen LogP contribution in [0.4, 0.5) is 0 Å². The minimum atomic E-state index is -0.811. The van der Waals surface area contributed by atoms with Gasteiger partial charge in [0.1, 0.15) is 0 Å². The van der Waals surface area contributed by atoms with Crippen molar-refractivity contribution >= 4 is 23.5 Å². The molecule has 108 valence electrons. The van der Waals surface area contributed by atoms with E-state index in [1.54, 1.807) is 4.90 Å². The lowest BCUT2D eigenvalue weighted by atomic mass is 9.97. The van der Waals surface area contributed by atoms with E-state index < -0.39 is 11.9 Å². The Hall–Kier alpha value is -1.55. The van der Waals surface area contributed by atoms with Gasteiger partial charge < -0.3 is 10.0 Å². The van der Waals surface area contributed by atoms with Crippen LogP contribution < -0.4 is 0 Å². The van der Waals surface area contributed by atoms with Gasteiger partial charge in [0.25, 0.3) is 0 Å². The number of amides is 1. The molecule has 0 saturated carbocycles.